The highest BCUT2D eigenvalue weighted by Crippen LogP contribution is 2.25. The van der Waals surface area contributed by atoms with Crippen LogP contribution < -0.4 is 10.6 Å². The summed E-state index contributed by atoms with van der Waals surface area (Å²) in [6.07, 6.45) is 0. The van der Waals surface area contributed by atoms with Gasteiger partial charge in [-0.25, -0.2) is 4.98 Å². The Labute approximate surface area is 163 Å². The summed E-state index contributed by atoms with van der Waals surface area (Å²) in [7, 11) is 0. The number of carbonyl (C=O) groups is 2. The van der Waals surface area contributed by atoms with Gasteiger partial charge < -0.3 is 15.2 Å². The zero-order valence-electron chi connectivity index (χ0n) is 16.5. The molecule has 0 radical (unpaired) electrons. The minimum absolute atomic E-state index is 0.131. The molecule has 2 heterocycles. The fraction of sp³-hybridized carbons (Fsp3) is 0.333. The molecule has 0 unspecified atom stereocenters. The number of nitrogens with one attached hydrogen (secondary N) is 2. The van der Waals surface area contributed by atoms with Crippen LogP contribution in [-0.4, -0.2) is 28.5 Å². The first-order chi connectivity index (χ1) is 13.4. The summed E-state index contributed by atoms with van der Waals surface area (Å²) in [4.78, 5) is 29.3. The molecule has 7 nitrogen and oxygen atoms in total. The predicted molar refractivity (Wildman–Crippen MR) is 106 cm³/mol. The van der Waals surface area contributed by atoms with Crippen molar-refractivity contribution < 1.29 is 14.1 Å². The lowest BCUT2D eigenvalue weighted by molar-refractivity contribution is 0.0948. The van der Waals surface area contributed by atoms with Crippen LogP contribution in [0.4, 0.5) is 0 Å². The fourth-order valence-electron chi connectivity index (χ4n) is 2.95. The largest absolute Gasteiger partial charge is 0.352 e. The molecule has 0 aliphatic rings. The highest BCUT2D eigenvalue weighted by atomic mass is 16.5. The Morgan fingerprint density at radius 2 is 1.93 bits per heavy atom. The number of hydrogen-bond acceptors (Lipinski definition) is 5. The molecule has 2 amide bonds. The number of amides is 2. The number of carbonyl (C=O) groups excluding carboxylic acids is 2. The normalized spacial score (nSPS) is 11.0. The Morgan fingerprint density at radius 3 is 2.64 bits per heavy atom. The molecule has 0 saturated carbocycles. The van der Waals surface area contributed by atoms with Crippen molar-refractivity contribution in [3.05, 3.63) is 58.4 Å². The molecule has 0 saturated heterocycles. The Kier molecular flexibility index (Phi) is 5.73. The van der Waals surface area contributed by atoms with E-state index in [1.807, 2.05) is 26.8 Å². The highest BCUT2D eigenvalue weighted by molar-refractivity contribution is 6.06. The first-order valence-electron chi connectivity index (χ1n) is 9.33. The molecule has 28 heavy (non-hydrogen) atoms. The van der Waals surface area contributed by atoms with Crippen molar-refractivity contribution in [1.29, 1.82) is 0 Å². The molecule has 2 N–H and O–H groups in total. The zero-order chi connectivity index (χ0) is 20.3. The lowest BCUT2D eigenvalue weighted by atomic mass is 10.0. The minimum Gasteiger partial charge on any atom is -0.352 e. The number of aryl methyl sites for hydroxylation is 1. The monoisotopic (exact) mass is 380 g/mol. The van der Waals surface area contributed by atoms with Crippen LogP contribution >= 0.6 is 0 Å². The van der Waals surface area contributed by atoms with Gasteiger partial charge in [0, 0.05) is 24.3 Å². The first kappa shape index (κ1) is 19.5. The lowest BCUT2D eigenvalue weighted by Gasteiger charge is -2.10. The summed E-state index contributed by atoms with van der Waals surface area (Å²) < 4.78 is 5.27. The van der Waals surface area contributed by atoms with Crippen molar-refractivity contribution in [3.8, 4) is 0 Å². The van der Waals surface area contributed by atoms with E-state index in [0.717, 1.165) is 11.3 Å². The Morgan fingerprint density at radius 1 is 1.14 bits per heavy atom. The number of aromatic nitrogens is 2. The third-order valence-corrected chi connectivity index (χ3v) is 4.45. The molecule has 0 atom stereocenters. The third-order valence-electron chi connectivity index (χ3n) is 4.45. The molecule has 0 aliphatic heterocycles. The van der Waals surface area contributed by atoms with Crippen LogP contribution in [0.2, 0.25) is 0 Å². The SMILES string of the molecule is CCNC(=O)c1cccc(CNC(=O)c2cc(C(C)C)nc3onc(C)c23)c1. The van der Waals surface area contributed by atoms with Gasteiger partial charge in [-0.1, -0.05) is 31.1 Å². The second-order valence-electron chi connectivity index (χ2n) is 6.94. The number of pyridine rings is 1. The molecule has 3 rings (SSSR count). The molecular formula is C21H24N4O3. The summed E-state index contributed by atoms with van der Waals surface area (Å²) in [5, 5.41) is 10.3. The second-order valence-corrected chi connectivity index (χ2v) is 6.94. The van der Waals surface area contributed by atoms with Crippen molar-refractivity contribution in [2.75, 3.05) is 6.54 Å². The van der Waals surface area contributed by atoms with Crippen LogP contribution in [-0.2, 0) is 6.54 Å². The molecule has 3 aromatic rings. The smallest absolute Gasteiger partial charge is 0.259 e. The molecule has 7 heteroatoms. The maximum absolute atomic E-state index is 12.9. The van der Waals surface area contributed by atoms with Crippen molar-refractivity contribution >= 4 is 22.9 Å². The Hall–Kier alpha value is -3.22. The van der Waals surface area contributed by atoms with Crippen molar-refractivity contribution in [2.24, 2.45) is 0 Å². The van der Waals surface area contributed by atoms with E-state index in [1.54, 1.807) is 31.2 Å². The van der Waals surface area contributed by atoms with Gasteiger partial charge in [0.05, 0.1) is 16.6 Å². The van der Waals surface area contributed by atoms with Gasteiger partial charge in [0.2, 0.25) is 0 Å². The molecule has 0 bridgehead atoms. The summed E-state index contributed by atoms with van der Waals surface area (Å²) in [6.45, 7) is 8.54. The molecule has 0 aliphatic carbocycles. The summed E-state index contributed by atoms with van der Waals surface area (Å²) in [5.41, 5.74) is 3.66. The van der Waals surface area contributed by atoms with Gasteiger partial charge in [-0.2, -0.15) is 0 Å². The van der Waals surface area contributed by atoms with Gasteiger partial charge in [0.1, 0.15) is 0 Å². The number of nitrogens with zero attached hydrogens (tertiary/aromatic N) is 2. The third kappa shape index (κ3) is 4.03. The zero-order valence-corrected chi connectivity index (χ0v) is 16.5. The van der Waals surface area contributed by atoms with Crippen molar-refractivity contribution in [2.45, 2.75) is 40.2 Å². The number of rotatable bonds is 6. The number of hydrogen-bond donors (Lipinski definition) is 2. The average Bonchev–Trinajstić information content (AvgIpc) is 3.06. The van der Waals surface area contributed by atoms with E-state index in [9.17, 15) is 9.59 Å². The Balaban J connectivity index is 1.83. The van der Waals surface area contributed by atoms with E-state index < -0.39 is 0 Å². The van der Waals surface area contributed by atoms with E-state index in [4.69, 9.17) is 4.52 Å². The quantitative estimate of drug-likeness (QED) is 0.684. The highest BCUT2D eigenvalue weighted by Gasteiger charge is 2.19. The van der Waals surface area contributed by atoms with E-state index in [2.05, 4.69) is 20.8 Å². The van der Waals surface area contributed by atoms with Crippen LogP contribution in [0.25, 0.3) is 11.1 Å². The molecule has 146 valence electrons. The maximum atomic E-state index is 12.9. The number of fused-ring (bicyclic) bond motifs is 1. The number of benzene rings is 1. The van der Waals surface area contributed by atoms with E-state index in [0.29, 0.717) is 41.0 Å². The predicted octanol–water partition coefficient (Wildman–Crippen LogP) is 3.33. The maximum Gasteiger partial charge on any atom is 0.259 e. The molecule has 2 aromatic heterocycles. The molecular weight excluding hydrogens is 356 g/mol. The van der Waals surface area contributed by atoms with Crippen molar-refractivity contribution in [1.82, 2.24) is 20.8 Å². The van der Waals surface area contributed by atoms with Gasteiger partial charge >= 0.3 is 0 Å². The van der Waals surface area contributed by atoms with Crippen LogP contribution in [0, 0.1) is 6.92 Å². The lowest BCUT2D eigenvalue weighted by Crippen LogP contribution is -2.25. The van der Waals surface area contributed by atoms with Crippen LogP contribution in [0.1, 0.15) is 64.4 Å². The summed E-state index contributed by atoms with van der Waals surface area (Å²) in [6, 6.07) is 8.99. The van der Waals surface area contributed by atoms with Crippen LogP contribution in [0.15, 0.2) is 34.9 Å². The molecule has 0 spiro atoms. The summed E-state index contributed by atoms with van der Waals surface area (Å²) >= 11 is 0. The van der Waals surface area contributed by atoms with E-state index >= 15 is 0 Å². The van der Waals surface area contributed by atoms with Gasteiger partial charge in [0.25, 0.3) is 17.5 Å². The fourth-order valence-corrected chi connectivity index (χ4v) is 2.95. The van der Waals surface area contributed by atoms with Crippen LogP contribution in [0.5, 0.6) is 0 Å². The minimum atomic E-state index is -0.232. The van der Waals surface area contributed by atoms with E-state index in [1.165, 1.54) is 0 Å². The van der Waals surface area contributed by atoms with Crippen LogP contribution in [0.3, 0.4) is 0 Å². The second kappa shape index (κ2) is 8.21. The summed E-state index contributed by atoms with van der Waals surface area (Å²) in [5.74, 6) is -0.215. The standard InChI is InChI=1S/C21H24N4O3/c1-5-22-19(26)15-8-6-7-14(9-15)11-23-20(27)16-10-17(12(2)3)24-21-18(16)13(4)25-28-21/h6-10,12H,5,11H2,1-4H3,(H,22,26)(H,23,27). The van der Waals surface area contributed by atoms with Gasteiger partial charge in [-0.3, -0.25) is 9.59 Å². The Bertz CT molecular complexity index is 1020. The molecule has 0 fully saturated rings. The molecule has 1 aromatic carbocycles. The topological polar surface area (TPSA) is 97.1 Å². The van der Waals surface area contributed by atoms with Gasteiger partial charge in [0.15, 0.2) is 0 Å². The van der Waals surface area contributed by atoms with Gasteiger partial charge in [-0.15, -0.1) is 0 Å². The average molecular weight is 380 g/mol. The first-order valence-corrected chi connectivity index (χ1v) is 9.33. The van der Waals surface area contributed by atoms with Gasteiger partial charge in [-0.05, 0) is 43.5 Å². The van der Waals surface area contributed by atoms with E-state index in [-0.39, 0.29) is 17.7 Å². The van der Waals surface area contributed by atoms with Crippen molar-refractivity contribution in [3.63, 3.8) is 0 Å².